The fraction of sp³-hybridized carbons (Fsp3) is 0.278. The summed E-state index contributed by atoms with van der Waals surface area (Å²) in [6.45, 7) is 0.349. The molecule has 1 aliphatic heterocycles. The minimum Gasteiger partial charge on any atom is -0.492 e. The molecule has 2 aromatic rings. The van der Waals surface area contributed by atoms with Gasteiger partial charge in [0.25, 0.3) is 0 Å². The van der Waals surface area contributed by atoms with Gasteiger partial charge in [-0.15, -0.1) is 0 Å². The minimum atomic E-state index is -1.01. The molecule has 1 heterocycles. The Labute approximate surface area is 138 Å². The average molecular weight is 329 g/mol. The highest BCUT2D eigenvalue weighted by Gasteiger charge is 2.31. The zero-order valence-electron chi connectivity index (χ0n) is 12.9. The Hall–Kier alpha value is -2.14. The summed E-state index contributed by atoms with van der Waals surface area (Å²) in [7, 11) is -1.01. The van der Waals surface area contributed by atoms with Crippen molar-refractivity contribution in [3.63, 3.8) is 0 Å². The Morgan fingerprint density at radius 3 is 2.65 bits per heavy atom. The summed E-state index contributed by atoms with van der Waals surface area (Å²) < 4.78 is 17.2. The van der Waals surface area contributed by atoms with Crippen molar-refractivity contribution in [2.75, 3.05) is 18.6 Å². The van der Waals surface area contributed by atoms with E-state index in [1.54, 1.807) is 6.26 Å². The zero-order valence-corrected chi connectivity index (χ0v) is 13.7. The van der Waals surface area contributed by atoms with Crippen LogP contribution in [-0.2, 0) is 15.6 Å². The predicted molar refractivity (Wildman–Crippen MR) is 90.9 cm³/mol. The van der Waals surface area contributed by atoms with E-state index in [0.29, 0.717) is 12.4 Å². The van der Waals surface area contributed by atoms with Crippen LogP contribution in [0, 0.1) is 0 Å². The molecule has 3 atom stereocenters. The number of ether oxygens (including phenoxy) is 1. The number of amides is 1. The quantitative estimate of drug-likeness (QED) is 0.916. The SMILES string of the molecule is C[S@@](=O)C[C@@H](NC(=O)[C@@H]1COc2ccccc21)c1ccccc1. The number of nitrogens with one attached hydrogen (secondary N) is 1. The van der Waals surface area contributed by atoms with Crippen LogP contribution in [0.25, 0.3) is 0 Å². The maximum absolute atomic E-state index is 12.7. The lowest BCUT2D eigenvalue weighted by atomic mass is 9.99. The van der Waals surface area contributed by atoms with Gasteiger partial charge < -0.3 is 10.1 Å². The van der Waals surface area contributed by atoms with Crippen molar-refractivity contribution < 1.29 is 13.7 Å². The summed E-state index contributed by atoms with van der Waals surface area (Å²) in [4.78, 5) is 12.7. The van der Waals surface area contributed by atoms with Crippen LogP contribution in [0.5, 0.6) is 5.75 Å². The van der Waals surface area contributed by atoms with E-state index in [-0.39, 0.29) is 17.9 Å². The average Bonchev–Trinajstić information content (AvgIpc) is 2.99. The summed E-state index contributed by atoms with van der Waals surface area (Å²) in [6.07, 6.45) is 1.65. The van der Waals surface area contributed by atoms with Gasteiger partial charge in [0.15, 0.2) is 0 Å². The molecule has 1 amide bonds. The molecule has 120 valence electrons. The van der Waals surface area contributed by atoms with Crippen molar-refractivity contribution in [1.82, 2.24) is 5.32 Å². The van der Waals surface area contributed by atoms with Crippen molar-refractivity contribution in [2.24, 2.45) is 0 Å². The van der Waals surface area contributed by atoms with Crippen LogP contribution >= 0.6 is 0 Å². The largest absolute Gasteiger partial charge is 0.492 e. The second kappa shape index (κ2) is 6.96. The lowest BCUT2D eigenvalue weighted by molar-refractivity contribution is -0.123. The van der Waals surface area contributed by atoms with E-state index in [2.05, 4.69) is 5.32 Å². The first-order valence-electron chi connectivity index (χ1n) is 7.52. The van der Waals surface area contributed by atoms with Crippen molar-refractivity contribution in [2.45, 2.75) is 12.0 Å². The third-order valence-corrected chi connectivity index (χ3v) is 4.74. The number of benzene rings is 2. The third kappa shape index (κ3) is 3.62. The molecule has 0 unspecified atom stereocenters. The van der Waals surface area contributed by atoms with Gasteiger partial charge in [-0.2, -0.15) is 0 Å². The summed E-state index contributed by atoms with van der Waals surface area (Å²) in [5, 5.41) is 3.04. The maximum atomic E-state index is 12.7. The molecule has 0 spiro atoms. The second-order valence-corrected chi connectivity index (χ2v) is 7.09. The molecular formula is C18H19NO3S. The van der Waals surface area contributed by atoms with Crippen molar-refractivity contribution >= 4 is 16.7 Å². The van der Waals surface area contributed by atoms with E-state index in [1.807, 2.05) is 54.6 Å². The molecule has 1 aliphatic rings. The van der Waals surface area contributed by atoms with Gasteiger partial charge in [-0.25, -0.2) is 0 Å². The van der Waals surface area contributed by atoms with E-state index in [4.69, 9.17) is 4.74 Å². The number of fused-ring (bicyclic) bond motifs is 1. The van der Waals surface area contributed by atoms with Crippen molar-refractivity contribution in [3.05, 3.63) is 65.7 Å². The Kier molecular flexibility index (Phi) is 4.76. The van der Waals surface area contributed by atoms with E-state index in [0.717, 1.165) is 16.9 Å². The zero-order chi connectivity index (χ0) is 16.2. The highest BCUT2D eigenvalue weighted by Crippen LogP contribution is 2.34. The molecule has 3 rings (SSSR count). The predicted octanol–water partition coefficient (Wildman–Crippen LogP) is 2.40. The summed E-state index contributed by atoms with van der Waals surface area (Å²) >= 11 is 0. The summed E-state index contributed by atoms with van der Waals surface area (Å²) in [5.74, 6) is 0.755. The normalized spacial score (nSPS) is 18.6. The number of carbonyl (C=O) groups excluding carboxylic acids is 1. The highest BCUT2D eigenvalue weighted by atomic mass is 32.2. The molecule has 0 radical (unpaired) electrons. The Bertz CT molecular complexity index is 717. The van der Waals surface area contributed by atoms with Gasteiger partial charge in [0.2, 0.25) is 5.91 Å². The second-order valence-electron chi connectivity index (χ2n) is 5.61. The van der Waals surface area contributed by atoms with Crippen LogP contribution in [0.2, 0.25) is 0 Å². The monoisotopic (exact) mass is 329 g/mol. The standard InChI is InChI=1S/C18H19NO3S/c1-23(21)12-16(13-7-3-2-4-8-13)19-18(20)15-11-22-17-10-6-5-9-14(15)17/h2-10,15-16H,11-12H2,1H3,(H,19,20)/t15-,16-,23-/m1/s1. The molecule has 23 heavy (non-hydrogen) atoms. The van der Waals surface area contributed by atoms with Crippen LogP contribution in [0.15, 0.2) is 54.6 Å². The Morgan fingerprint density at radius 2 is 1.91 bits per heavy atom. The Balaban J connectivity index is 1.78. The number of hydrogen-bond donors (Lipinski definition) is 1. The van der Waals surface area contributed by atoms with E-state index in [9.17, 15) is 9.00 Å². The highest BCUT2D eigenvalue weighted by molar-refractivity contribution is 7.84. The van der Waals surface area contributed by atoms with Gasteiger partial charge in [-0.3, -0.25) is 9.00 Å². The fourth-order valence-corrected chi connectivity index (χ4v) is 3.54. The third-order valence-electron chi connectivity index (χ3n) is 3.94. The van der Waals surface area contributed by atoms with Gasteiger partial charge in [-0.05, 0) is 11.6 Å². The van der Waals surface area contributed by atoms with Crippen LogP contribution in [0.1, 0.15) is 23.1 Å². The number of rotatable bonds is 5. The Morgan fingerprint density at radius 1 is 1.22 bits per heavy atom. The molecule has 5 heteroatoms. The van der Waals surface area contributed by atoms with Crippen LogP contribution < -0.4 is 10.1 Å². The number of hydrogen-bond acceptors (Lipinski definition) is 3. The van der Waals surface area contributed by atoms with E-state index in [1.165, 1.54) is 0 Å². The van der Waals surface area contributed by atoms with Gasteiger partial charge in [0.1, 0.15) is 18.3 Å². The maximum Gasteiger partial charge on any atom is 0.231 e. The van der Waals surface area contributed by atoms with Gasteiger partial charge in [-0.1, -0.05) is 48.5 Å². The molecule has 4 nitrogen and oxygen atoms in total. The molecule has 0 aromatic heterocycles. The van der Waals surface area contributed by atoms with Gasteiger partial charge >= 0.3 is 0 Å². The molecular weight excluding hydrogens is 310 g/mol. The fourth-order valence-electron chi connectivity index (χ4n) is 2.79. The first kappa shape index (κ1) is 15.7. The lowest BCUT2D eigenvalue weighted by Crippen LogP contribution is -2.36. The molecule has 0 aliphatic carbocycles. The van der Waals surface area contributed by atoms with Crippen LogP contribution in [0.4, 0.5) is 0 Å². The van der Waals surface area contributed by atoms with Crippen LogP contribution in [-0.4, -0.2) is 28.7 Å². The van der Waals surface area contributed by atoms with Gasteiger partial charge in [0.05, 0.1) is 6.04 Å². The topological polar surface area (TPSA) is 55.4 Å². The van der Waals surface area contributed by atoms with Crippen molar-refractivity contribution in [3.8, 4) is 5.75 Å². The molecule has 0 saturated heterocycles. The molecule has 1 N–H and O–H groups in total. The molecule has 0 saturated carbocycles. The smallest absolute Gasteiger partial charge is 0.231 e. The minimum absolute atomic E-state index is 0.0887. The molecule has 0 bridgehead atoms. The summed E-state index contributed by atoms with van der Waals surface area (Å²) in [5.41, 5.74) is 1.87. The van der Waals surface area contributed by atoms with Gasteiger partial charge in [0, 0.05) is 28.4 Å². The number of para-hydroxylation sites is 1. The first-order valence-corrected chi connectivity index (χ1v) is 9.25. The van der Waals surface area contributed by atoms with E-state index < -0.39 is 10.8 Å². The first-order chi connectivity index (χ1) is 11.1. The number of carbonyl (C=O) groups is 1. The molecule has 0 fully saturated rings. The van der Waals surface area contributed by atoms with Crippen LogP contribution in [0.3, 0.4) is 0 Å². The summed E-state index contributed by atoms with van der Waals surface area (Å²) in [6, 6.07) is 17.0. The molecule has 2 aromatic carbocycles. The van der Waals surface area contributed by atoms with E-state index >= 15 is 0 Å². The van der Waals surface area contributed by atoms with Crippen molar-refractivity contribution in [1.29, 1.82) is 0 Å². The lowest BCUT2D eigenvalue weighted by Gasteiger charge is -2.20.